The van der Waals surface area contributed by atoms with Crippen LogP contribution in [-0.4, -0.2) is 19.1 Å². The van der Waals surface area contributed by atoms with E-state index in [1.807, 2.05) is 12.4 Å². The van der Waals surface area contributed by atoms with E-state index in [0.717, 1.165) is 21.1 Å². The first-order valence-electron chi connectivity index (χ1n) is 17.7. The number of nitrogens with two attached hydrogens (primary N) is 1. The molecule has 55 heavy (non-hydrogen) atoms. The predicted octanol–water partition coefficient (Wildman–Crippen LogP) is 13.3. The molecule has 0 atom stereocenters. The van der Waals surface area contributed by atoms with E-state index < -0.39 is 0 Å². The van der Waals surface area contributed by atoms with Crippen LogP contribution in [0.4, 0.5) is 5.69 Å². The summed E-state index contributed by atoms with van der Waals surface area (Å²) in [7, 11) is 0. The van der Waals surface area contributed by atoms with Crippen molar-refractivity contribution in [2.45, 2.75) is 6.42 Å². The molecular weight excluding hydrogens is 921 g/mol. The second-order valence-electron chi connectivity index (χ2n) is 12.9. The smallest absolute Gasteiger partial charge is 0.0588 e. The molecule has 0 saturated carbocycles. The number of fused-ring (bicyclic) bond motifs is 6. The summed E-state index contributed by atoms with van der Waals surface area (Å²) < 4.78 is 7.83. The molecule has 0 aliphatic carbocycles. The summed E-state index contributed by atoms with van der Waals surface area (Å²) in [6.45, 7) is 0. The van der Waals surface area contributed by atoms with Crippen LogP contribution in [0.25, 0.3) is 55.0 Å². The second kappa shape index (κ2) is 16.6. The molecule has 6 aromatic carbocycles. The van der Waals surface area contributed by atoms with Crippen LogP contribution in [0.5, 0.6) is 0 Å². The number of nitrogen functional groups attached to an aromatic ring is 1. The minimum absolute atomic E-state index is 0.722. The lowest BCUT2D eigenvalue weighted by Crippen LogP contribution is -1.95. The Morgan fingerprint density at radius 3 is 1.27 bits per heavy atom. The van der Waals surface area contributed by atoms with Gasteiger partial charge in [-0.3, -0.25) is 9.97 Å². The lowest BCUT2D eigenvalue weighted by molar-refractivity contribution is 1.13. The first-order chi connectivity index (χ1) is 27.0. The van der Waals surface area contributed by atoms with E-state index in [-0.39, 0.29) is 0 Å². The Labute approximate surface area is 349 Å². The predicted molar refractivity (Wildman–Crippen MR) is 245 cm³/mol. The van der Waals surface area contributed by atoms with E-state index in [4.69, 9.17) is 5.73 Å². The third-order valence-electron chi connectivity index (χ3n) is 9.49. The highest BCUT2D eigenvalue weighted by Gasteiger charge is 2.12. The van der Waals surface area contributed by atoms with Gasteiger partial charge in [0.15, 0.2) is 0 Å². The molecule has 4 aromatic heterocycles. The first kappa shape index (κ1) is 36.7. The van der Waals surface area contributed by atoms with Crippen molar-refractivity contribution < 1.29 is 0 Å². The molecule has 4 heterocycles. The van der Waals surface area contributed by atoms with Gasteiger partial charge in [0.25, 0.3) is 0 Å². The fraction of sp³-hybridized carbons (Fsp3) is 0.0213. The van der Waals surface area contributed by atoms with Gasteiger partial charge in [-0.05, 0) is 145 Å². The van der Waals surface area contributed by atoms with Crippen LogP contribution in [0, 0.1) is 3.57 Å². The van der Waals surface area contributed by atoms with Crippen LogP contribution < -0.4 is 5.73 Å². The monoisotopic (exact) mass is 953 g/mol. The van der Waals surface area contributed by atoms with Crippen molar-refractivity contribution >= 4 is 104 Å². The molecule has 0 amide bonds. The van der Waals surface area contributed by atoms with Crippen LogP contribution >= 0.6 is 54.5 Å². The van der Waals surface area contributed by atoms with Gasteiger partial charge < -0.3 is 14.9 Å². The maximum atomic E-state index is 5.43. The Kier molecular flexibility index (Phi) is 11.1. The van der Waals surface area contributed by atoms with Crippen molar-refractivity contribution in [1.82, 2.24) is 19.1 Å². The van der Waals surface area contributed by atoms with Crippen LogP contribution in [0.1, 0.15) is 11.1 Å². The summed E-state index contributed by atoms with van der Waals surface area (Å²) in [4.78, 5) is 7.96. The Bertz CT molecular complexity index is 2770. The lowest BCUT2D eigenvalue weighted by Gasteiger charge is -2.09. The summed E-state index contributed by atoms with van der Waals surface area (Å²) >= 11 is 9.14. The molecule has 10 rings (SSSR count). The van der Waals surface area contributed by atoms with Crippen molar-refractivity contribution in [3.8, 4) is 11.4 Å². The molecule has 0 spiro atoms. The number of hydrogen-bond donors (Lipinski definition) is 1. The summed E-state index contributed by atoms with van der Waals surface area (Å²) in [5.74, 6) is 0. The molecule has 2 N–H and O–H groups in total. The fourth-order valence-electron chi connectivity index (χ4n) is 6.91. The average Bonchev–Trinajstić information content (AvgIpc) is 3.74. The number of anilines is 1. The minimum Gasteiger partial charge on any atom is -0.398 e. The van der Waals surface area contributed by atoms with Gasteiger partial charge in [0, 0.05) is 71.4 Å². The van der Waals surface area contributed by atoms with Crippen LogP contribution in [0.3, 0.4) is 0 Å². The van der Waals surface area contributed by atoms with Crippen LogP contribution in [-0.2, 0) is 6.42 Å². The Hall–Kier alpha value is -5.29. The first-order valence-corrected chi connectivity index (χ1v) is 20.4. The van der Waals surface area contributed by atoms with E-state index in [9.17, 15) is 0 Å². The molecule has 0 unspecified atom stereocenters. The van der Waals surface area contributed by atoms with Crippen molar-refractivity contribution in [3.05, 3.63) is 206 Å². The molecule has 268 valence electrons. The topological polar surface area (TPSA) is 61.7 Å². The SMILES string of the molecule is Brc1cnccc1Cc1ccc(-n2c3ccccc3c3ccccc32)cc1.Ic1ccc(-n2c3ccccc3c3ccccc32)cc1.Nc1ccncc1Br. The van der Waals surface area contributed by atoms with Gasteiger partial charge >= 0.3 is 0 Å². The van der Waals surface area contributed by atoms with Crippen molar-refractivity contribution in [2.75, 3.05) is 5.73 Å². The number of pyridine rings is 2. The van der Waals surface area contributed by atoms with Crippen molar-refractivity contribution in [2.24, 2.45) is 0 Å². The lowest BCUT2D eigenvalue weighted by atomic mass is 10.1. The molecule has 0 aliphatic rings. The van der Waals surface area contributed by atoms with Crippen LogP contribution in [0.2, 0.25) is 0 Å². The second-order valence-corrected chi connectivity index (χ2v) is 15.9. The van der Waals surface area contributed by atoms with E-state index in [1.165, 1.54) is 69.7 Å². The summed E-state index contributed by atoms with van der Waals surface area (Å²) in [5.41, 5.74) is 16.1. The van der Waals surface area contributed by atoms with E-state index in [0.29, 0.717) is 0 Å². The highest BCUT2D eigenvalue weighted by Crippen LogP contribution is 2.33. The zero-order valence-electron chi connectivity index (χ0n) is 29.5. The Morgan fingerprint density at radius 2 is 0.873 bits per heavy atom. The standard InChI is InChI=1S/C24H17BrN2.C18H12IN.C5H5BrN2/c25-22-16-26-14-13-18(22)15-17-9-11-19(12-10-17)27-23-7-3-1-5-20(23)21-6-2-4-8-24(21)27;19-13-9-11-14(12-10-13)20-17-7-3-1-5-15(17)16-6-2-4-8-18(16)20;6-4-3-8-2-1-5(4)7/h1-14,16H,15H2;1-12H;1-3H,(H2,7,8). The van der Waals surface area contributed by atoms with Gasteiger partial charge in [-0.1, -0.05) is 84.9 Å². The third-order valence-corrected chi connectivity index (χ3v) is 11.6. The fourth-order valence-corrected chi connectivity index (χ4v) is 7.91. The van der Waals surface area contributed by atoms with Gasteiger partial charge in [0.2, 0.25) is 0 Å². The maximum Gasteiger partial charge on any atom is 0.0588 e. The van der Waals surface area contributed by atoms with Gasteiger partial charge in [0.05, 0.1) is 26.5 Å². The van der Waals surface area contributed by atoms with Crippen LogP contribution in [0.15, 0.2) is 191 Å². The average molecular weight is 956 g/mol. The quantitative estimate of drug-likeness (QED) is 0.179. The Morgan fingerprint density at radius 1 is 0.473 bits per heavy atom. The number of halogens is 3. The third kappa shape index (κ3) is 7.80. The number of benzene rings is 6. The number of aromatic nitrogens is 4. The van der Waals surface area contributed by atoms with E-state index in [2.05, 4.69) is 225 Å². The van der Waals surface area contributed by atoms with Gasteiger partial charge in [-0.2, -0.15) is 0 Å². The Balaban J connectivity index is 0.000000133. The highest BCUT2D eigenvalue weighted by atomic mass is 127. The summed E-state index contributed by atoms with van der Waals surface area (Å²) in [6, 6.07) is 55.7. The largest absolute Gasteiger partial charge is 0.398 e. The molecule has 0 radical (unpaired) electrons. The van der Waals surface area contributed by atoms with E-state index in [1.54, 1.807) is 18.5 Å². The van der Waals surface area contributed by atoms with E-state index >= 15 is 0 Å². The van der Waals surface area contributed by atoms with Gasteiger partial charge in [0.1, 0.15) is 0 Å². The molecule has 0 bridgehead atoms. The number of para-hydroxylation sites is 4. The normalized spacial score (nSPS) is 11.0. The highest BCUT2D eigenvalue weighted by molar-refractivity contribution is 14.1. The molecule has 0 fully saturated rings. The summed E-state index contributed by atoms with van der Waals surface area (Å²) in [5, 5.41) is 5.19. The molecule has 8 heteroatoms. The zero-order chi connectivity index (χ0) is 37.7. The van der Waals surface area contributed by atoms with Crippen molar-refractivity contribution in [1.29, 1.82) is 0 Å². The molecule has 10 aromatic rings. The molecular formula is C47H34Br2IN5. The van der Waals surface area contributed by atoms with Crippen molar-refractivity contribution in [3.63, 3.8) is 0 Å². The van der Waals surface area contributed by atoms with Gasteiger partial charge in [-0.15, -0.1) is 0 Å². The molecule has 5 nitrogen and oxygen atoms in total. The molecule has 0 aliphatic heterocycles. The number of hydrogen-bond acceptors (Lipinski definition) is 3. The summed E-state index contributed by atoms with van der Waals surface area (Å²) in [6.07, 6.45) is 7.89. The zero-order valence-corrected chi connectivity index (χ0v) is 34.9. The number of rotatable bonds is 4. The van der Waals surface area contributed by atoms with Gasteiger partial charge in [-0.25, -0.2) is 0 Å². The minimum atomic E-state index is 0.722. The molecule has 0 saturated heterocycles. The maximum absolute atomic E-state index is 5.43. The number of nitrogens with zero attached hydrogens (tertiary/aromatic N) is 4.